The number of aryl methyl sites for hydroxylation is 1. The fourth-order valence-corrected chi connectivity index (χ4v) is 1.75. The maximum Gasteiger partial charge on any atom is -0.0225 e. The molecule has 0 bridgehead atoms. The van der Waals surface area contributed by atoms with E-state index in [-0.39, 0.29) is 0 Å². The second-order valence-electron chi connectivity index (χ2n) is 3.19. The lowest BCUT2D eigenvalue weighted by Crippen LogP contribution is -1.93. The Morgan fingerprint density at radius 3 is 2.46 bits per heavy atom. The zero-order chi connectivity index (χ0) is 9.68. The summed E-state index contributed by atoms with van der Waals surface area (Å²) in [6.07, 6.45) is 6.56. The van der Waals surface area contributed by atoms with Gasteiger partial charge < -0.3 is 0 Å². The van der Waals surface area contributed by atoms with Crippen molar-refractivity contribution in [1.29, 1.82) is 0 Å². The second kappa shape index (κ2) is 4.86. The van der Waals surface area contributed by atoms with Crippen molar-refractivity contribution in [3.8, 4) is 0 Å². The molecule has 0 heterocycles. The van der Waals surface area contributed by atoms with Crippen LogP contribution in [0.5, 0.6) is 0 Å². The molecular formula is C13H18. The fourth-order valence-electron chi connectivity index (χ4n) is 1.75. The van der Waals surface area contributed by atoms with Crippen LogP contribution in [0, 0.1) is 0 Å². The van der Waals surface area contributed by atoms with Crippen molar-refractivity contribution < 1.29 is 0 Å². The van der Waals surface area contributed by atoms with Crippen LogP contribution in [-0.4, -0.2) is 0 Å². The highest BCUT2D eigenvalue weighted by molar-refractivity contribution is 5.55. The highest BCUT2D eigenvalue weighted by Gasteiger charge is 2.01. The molecule has 0 atom stereocenters. The van der Waals surface area contributed by atoms with Crippen LogP contribution in [0.25, 0.3) is 6.08 Å². The third-order valence-corrected chi connectivity index (χ3v) is 2.39. The molecule has 0 N–H and O–H groups in total. The Labute approximate surface area is 81.3 Å². The highest BCUT2D eigenvalue weighted by atomic mass is 14.1. The van der Waals surface area contributed by atoms with E-state index < -0.39 is 0 Å². The average Bonchev–Trinajstić information content (AvgIpc) is 2.18. The third kappa shape index (κ3) is 2.21. The molecule has 0 spiro atoms. The predicted molar refractivity (Wildman–Crippen MR) is 59.9 cm³/mol. The van der Waals surface area contributed by atoms with Crippen molar-refractivity contribution >= 4 is 6.08 Å². The molecule has 0 radical (unpaired) electrons. The van der Waals surface area contributed by atoms with Gasteiger partial charge in [0.15, 0.2) is 0 Å². The van der Waals surface area contributed by atoms with Crippen LogP contribution in [-0.2, 0) is 12.8 Å². The van der Waals surface area contributed by atoms with E-state index in [0.29, 0.717) is 0 Å². The monoisotopic (exact) mass is 174 g/mol. The quantitative estimate of drug-likeness (QED) is 0.653. The minimum atomic E-state index is 1.13. The second-order valence-corrected chi connectivity index (χ2v) is 3.19. The van der Waals surface area contributed by atoms with Gasteiger partial charge in [-0.3, -0.25) is 0 Å². The van der Waals surface area contributed by atoms with Gasteiger partial charge in [0.2, 0.25) is 0 Å². The lowest BCUT2D eigenvalue weighted by molar-refractivity contribution is 1.03. The van der Waals surface area contributed by atoms with Crippen molar-refractivity contribution in [3.63, 3.8) is 0 Å². The van der Waals surface area contributed by atoms with E-state index in [0.717, 1.165) is 12.8 Å². The van der Waals surface area contributed by atoms with Gasteiger partial charge in [-0.15, -0.1) is 0 Å². The standard InChI is InChI=1S/C13H18/c1-4-8-12-10-7-9-11(5-2)13(12)6-3/h4,7-10H,5-6H2,1-3H3. The maximum atomic E-state index is 2.23. The number of benzene rings is 1. The summed E-state index contributed by atoms with van der Waals surface area (Å²) < 4.78 is 0. The first-order chi connectivity index (χ1) is 6.33. The van der Waals surface area contributed by atoms with E-state index in [4.69, 9.17) is 0 Å². The first kappa shape index (κ1) is 10.0. The van der Waals surface area contributed by atoms with Crippen LogP contribution in [0.15, 0.2) is 24.3 Å². The number of hydrogen-bond donors (Lipinski definition) is 0. The predicted octanol–water partition coefficient (Wildman–Crippen LogP) is 3.84. The summed E-state index contributed by atoms with van der Waals surface area (Å²) in [6, 6.07) is 6.57. The Hall–Kier alpha value is -1.04. The summed E-state index contributed by atoms with van der Waals surface area (Å²) in [4.78, 5) is 0. The molecule has 0 aliphatic heterocycles. The van der Waals surface area contributed by atoms with E-state index in [9.17, 15) is 0 Å². The topological polar surface area (TPSA) is 0 Å². The minimum absolute atomic E-state index is 1.13. The first-order valence-electron chi connectivity index (χ1n) is 5.06. The number of hydrogen-bond acceptors (Lipinski definition) is 0. The zero-order valence-electron chi connectivity index (χ0n) is 8.80. The summed E-state index contributed by atoms with van der Waals surface area (Å²) in [6.45, 7) is 6.51. The first-order valence-corrected chi connectivity index (χ1v) is 5.06. The molecule has 0 aliphatic rings. The van der Waals surface area contributed by atoms with Crippen LogP contribution in [0.4, 0.5) is 0 Å². The summed E-state index contributed by atoms with van der Waals surface area (Å²) in [5.41, 5.74) is 4.37. The molecule has 1 aromatic rings. The van der Waals surface area contributed by atoms with Gasteiger partial charge in [-0.2, -0.15) is 0 Å². The zero-order valence-corrected chi connectivity index (χ0v) is 8.80. The Bertz CT molecular complexity index is 295. The molecule has 0 fully saturated rings. The highest BCUT2D eigenvalue weighted by Crippen LogP contribution is 2.17. The van der Waals surface area contributed by atoms with Crippen LogP contribution in [0.1, 0.15) is 37.5 Å². The van der Waals surface area contributed by atoms with Gasteiger partial charge in [-0.25, -0.2) is 0 Å². The SMILES string of the molecule is CC=Cc1cccc(CC)c1CC. The largest absolute Gasteiger partial charge is 0.0871 e. The smallest absolute Gasteiger partial charge is 0.0225 e. The van der Waals surface area contributed by atoms with Crippen LogP contribution >= 0.6 is 0 Å². The average molecular weight is 174 g/mol. The molecule has 0 unspecified atom stereocenters. The molecule has 0 heteroatoms. The summed E-state index contributed by atoms with van der Waals surface area (Å²) in [5.74, 6) is 0. The van der Waals surface area contributed by atoms with Gasteiger partial charge >= 0.3 is 0 Å². The van der Waals surface area contributed by atoms with Crippen LogP contribution < -0.4 is 0 Å². The number of allylic oxidation sites excluding steroid dienone is 1. The van der Waals surface area contributed by atoms with Crippen molar-refractivity contribution in [1.82, 2.24) is 0 Å². The fraction of sp³-hybridized carbons (Fsp3) is 0.385. The van der Waals surface area contributed by atoms with Gasteiger partial charge in [0, 0.05) is 0 Å². The third-order valence-electron chi connectivity index (χ3n) is 2.39. The molecule has 1 aromatic carbocycles. The van der Waals surface area contributed by atoms with Gasteiger partial charge in [-0.05, 0) is 36.5 Å². The molecule has 0 saturated carbocycles. The van der Waals surface area contributed by atoms with E-state index in [2.05, 4.69) is 51.1 Å². The minimum Gasteiger partial charge on any atom is -0.0871 e. The van der Waals surface area contributed by atoms with Crippen molar-refractivity contribution in [2.45, 2.75) is 33.6 Å². The Kier molecular flexibility index (Phi) is 3.75. The number of rotatable bonds is 3. The molecule has 13 heavy (non-hydrogen) atoms. The van der Waals surface area contributed by atoms with E-state index >= 15 is 0 Å². The van der Waals surface area contributed by atoms with E-state index in [1.54, 1.807) is 0 Å². The molecule has 70 valence electrons. The van der Waals surface area contributed by atoms with Crippen LogP contribution in [0.2, 0.25) is 0 Å². The Morgan fingerprint density at radius 1 is 1.15 bits per heavy atom. The van der Waals surface area contributed by atoms with Gasteiger partial charge in [0.25, 0.3) is 0 Å². The van der Waals surface area contributed by atoms with Crippen molar-refractivity contribution in [2.75, 3.05) is 0 Å². The summed E-state index contributed by atoms with van der Waals surface area (Å²) in [5, 5.41) is 0. The van der Waals surface area contributed by atoms with Crippen LogP contribution in [0.3, 0.4) is 0 Å². The molecule has 0 aliphatic carbocycles. The molecule has 0 nitrogen and oxygen atoms in total. The Balaban J connectivity index is 3.18. The van der Waals surface area contributed by atoms with Gasteiger partial charge in [0.1, 0.15) is 0 Å². The van der Waals surface area contributed by atoms with E-state index in [1.165, 1.54) is 16.7 Å². The lowest BCUT2D eigenvalue weighted by atomic mass is 9.97. The molecular weight excluding hydrogens is 156 g/mol. The molecule has 0 aromatic heterocycles. The molecule has 0 amide bonds. The molecule has 1 rings (SSSR count). The summed E-state index contributed by atoms with van der Waals surface area (Å²) in [7, 11) is 0. The maximum absolute atomic E-state index is 2.23. The molecule has 0 saturated heterocycles. The van der Waals surface area contributed by atoms with Gasteiger partial charge in [-0.1, -0.05) is 44.2 Å². The normalized spacial score (nSPS) is 11.0. The van der Waals surface area contributed by atoms with E-state index in [1.807, 2.05) is 0 Å². The van der Waals surface area contributed by atoms with Crippen molar-refractivity contribution in [2.24, 2.45) is 0 Å². The van der Waals surface area contributed by atoms with Gasteiger partial charge in [0.05, 0.1) is 0 Å². The summed E-state index contributed by atoms with van der Waals surface area (Å²) >= 11 is 0. The lowest BCUT2D eigenvalue weighted by Gasteiger charge is -2.08. The Morgan fingerprint density at radius 2 is 1.92 bits per heavy atom. The van der Waals surface area contributed by atoms with Crippen molar-refractivity contribution in [3.05, 3.63) is 41.0 Å².